The summed E-state index contributed by atoms with van der Waals surface area (Å²) in [5, 5.41) is 12.0. The number of hydrogen-bond donors (Lipinski definition) is 1. The third kappa shape index (κ3) is 6.82. The van der Waals surface area contributed by atoms with E-state index in [0.717, 1.165) is 5.56 Å². The van der Waals surface area contributed by atoms with E-state index in [1.54, 1.807) is 24.3 Å². The maximum atomic E-state index is 12.2. The summed E-state index contributed by atoms with van der Waals surface area (Å²) in [6.07, 6.45) is -1.22. The molecule has 29 heavy (non-hydrogen) atoms. The molecule has 1 aliphatic rings. The van der Waals surface area contributed by atoms with Crippen molar-refractivity contribution in [1.29, 1.82) is 5.26 Å². The summed E-state index contributed by atoms with van der Waals surface area (Å²) in [5.41, 5.74) is 0.193. The van der Waals surface area contributed by atoms with Crippen LogP contribution in [0.15, 0.2) is 47.5 Å². The summed E-state index contributed by atoms with van der Waals surface area (Å²) >= 11 is 6.11. The lowest BCUT2D eigenvalue weighted by Crippen LogP contribution is -2.50. The van der Waals surface area contributed by atoms with Crippen LogP contribution in [-0.2, 0) is 11.2 Å². The van der Waals surface area contributed by atoms with Crippen LogP contribution < -0.4 is 10.1 Å². The molecule has 0 saturated heterocycles. The molecule has 0 saturated carbocycles. The molecule has 0 aliphatic carbocycles. The van der Waals surface area contributed by atoms with Gasteiger partial charge in [-0.1, -0.05) is 29.8 Å². The fourth-order valence-electron chi connectivity index (χ4n) is 3.17. The Morgan fingerprint density at radius 2 is 2.14 bits per heavy atom. The van der Waals surface area contributed by atoms with Crippen LogP contribution in [0.2, 0.25) is 0 Å². The van der Waals surface area contributed by atoms with Crippen molar-refractivity contribution in [3.05, 3.63) is 53.1 Å². The second-order valence-electron chi connectivity index (χ2n) is 6.95. The molecule has 0 fully saturated rings. The van der Waals surface area contributed by atoms with E-state index in [2.05, 4.69) is 11.9 Å². The Hall–Kier alpha value is -2.46. The molecule has 0 bridgehead atoms. The van der Waals surface area contributed by atoms with Gasteiger partial charge in [0.25, 0.3) is 5.91 Å². The van der Waals surface area contributed by atoms with Crippen LogP contribution in [0.4, 0.5) is 13.2 Å². The Bertz CT molecular complexity index is 830. The Balaban J connectivity index is 1.88. The van der Waals surface area contributed by atoms with Gasteiger partial charge in [-0.15, -0.1) is 6.58 Å². The zero-order valence-electron chi connectivity index (χ0n) is 15.8. The SMILES string of the molecule is C=C[C@]1(CCCc2cccc(OCCCC(F)(F)F)c2)CC(Cl)=C(C#N)C(=O)N1. The molecule has 0 unspecified atom stereocenters. The summed E-state index contributed by atoms with van der Waals surface area (Å²) < 4.78 is 41.9. The predicted molar refractivity (Wildman–Crippen MR) is 104 cm³/mol. The van der Waals surface area contributed by atoms with Crippen molar-refractivity contribution < 1.29 is 22.7 Å². The Labute approximate surface area is 173 Å². The lowest BCUT2D eigenvalue weighted by atomic mass is 9.84. The first kappa shape index (κ1) is 22.8. The number of rotatable bonds is 9. The molecule has 1 aromatic rings. The monoisotopic (exact) mass is 426 g/mol. The largest absolute Gasteiger partial charge is 0.494 e. The zero-order valence-corrected chi connectivity index (χ0v) is 16.6. The summed E-state index contributed by atoms with van der Waals surface area (Å²) in [6.45, 7) is 3.80. The van der Waals surface area contributed by atoms with Crippen molar-refractivity contribution in [3.63, 3.8) is 0 Å². The van der Waals surface area contributed by atoms with Gasteiger partial charge >= 0.3 is 6.18 Å². The molecule has 0 spiro atoms. The number of amides is 1. The first-order valence-electron chi connectivity index (χ1n) is 9.21. The van der Waals surface area contributed by atoms with Crippen molar-refractivity contribution >= 4 is 17.5 Å². The highest BCUT2D eigenvalue weighted by atomic mass is 35.5. The molecule has 1 aliphatic heterocycles. The van der Waals surface area contributed by atoms with E-state index in [9.17, 15) is 18.0 Å². The predicted octanol–water partition coefficient (Wildman–Crippen LogP) is 5.19. The van der Waals surface area contributed by atoms with Crippen molar-refractivity contribution in [1.82, 2.24) is 5.32 Å². The Morgan fingerprint density at radius 3 is 2.76 bits per heavy atom. The molecule has 0 aromatic heterocycles. The molecular weight excluding hydrogens is 405 g/mol. The minimum Gasteiger partial charge on any atom is -0.494 e. The number of benzene rings is 1. The maximum absolute atomic E-state index is 12.2. The van der Waals surface area contributed by atoms with Crippen molar-refractivity contribution in [3.8, 4) is 11.8 Å². The van der Waals surface area contributed by atoms with Gasteiger partial charge in [-0.25, -0.2) is 0 Å². The molecular formula is C21H22ClF3N2O2. The topological polar surface area (TPSA) is 62.1 Å². The van der Waals surface area contributed by atoms with Gasteiger partial charge in [-0.05, 0) is 43.4 Å². The number of hydrogen-bond acceptors (Lipinski definition) is 3. The third-order valence-corrected chi connectivity index (χ3v) is 5.02. The molecule has 2 rings (SSSR count). The van der Waals surface area contributed by atoms with Crippen LogP contribution in [0.3, 0.4) is 0 Å². The average molecular weight is 427 g/mol. The van der Waals surface area contributed by atoms with Crippen LogP contribution in [0, 0.1) is 11.3 Å². The summed E-state index contributed by atoms with van der Waals surface area (Å²) in [5.74, 6) is 0.0246. The highest BCUT2D eigenvalue weighted by Gasteiger charge is 2.36. The summed E-state index contributed by atoms with van der Waals surface area (Å²) in [6, 6.07) is 9.01. The molecule has 1 aromatic carbocycles. The number of carbonyl (C=O) groups is 1. The number of alkyl halides is 3. The van der Waals surface area contributed by atoms with E-state index in [1.165, 1.54) is 0 Å². The number of halogens is 4. The second kappa shape index (κ2) is 9.84. The quantitative estimate of drug-likeness (QED) is 0.436. The molecule has 4 nitrogen and oxygen atoms in total. The standard InChI is InChI=1S/C21H22ClF3N2O2/c1-2-20(13-18(22)17(14-26)19(28)27-20)9-4-7-15-6-3-8-16(12-15)29-11-5-10-21(23,24)25/h2-3,6,8,12H,1,4-5,7,9-11,13H2,(H,27,28)/t20-/m0/s1. The lowest BCUT2D eigenvalue weighted by Gasteiger charge is -2.35. The van der Waals surface area contributed by atoms with Gasteiger partial charge in [-0.3, -0.25) is 4.79 Å². The molecule has 156 valence electrons. The van der Waals surface area contributed by atoms with Crippen molar-refractivity contribution in [2.45, 2.75) is 50.2 Å². The Morgan fingerprint density at radius 1 is 1.38 bits per heavy atom. The minimum atomic E-state index is -4.17. The van der Waals surface area contributed by atoms with Crippen LogP contribution in [0.25, 0.3) is 0 Å². The molecule has 0 radical (unpaired) electrons. The van der Waals surface area contributed by atoms with E-state index in [1.807, 2.05) is 12.1 Å². The summed E-state index contributed by atoms with van der Waals surface area (Å²) in [4.78, 5) is 12.1. The van der Waals surface area contributed by atoms with Crippen LogP contribution in [0.1, 0.15) is 37.7 Å². The van der Waals surface area contributed by atoms with E-state index >= 15 is 0 Å². The second-order valence-corrected chi connectivity index (χ2v) is 7.41. The van der Waals surface area contributed by atoms with Gasteiger partial charge in [0.05, 0.1) is 12.1 Å². The first-order chi connectivity index (χ1) is 13.7. The van der Waals surface area contributed by atoms with Gasteiger partial charge in [0, 0.05) is 17.9 Å². The van der Waals surface area contributed by atoms with Gasteiger partial charge in [0.15, 0.2) is 0 Å². The average Bonchev–Trinajstić information content (AvgIpc) is 2.65. The van der Waals surface area contributed by atoms with Crippen LogP contribution >= 0.6 is 11.6 Å². The van der Waals surface area contributed by atoms with Gasteiger partial charge < -0.3 is 10.1 Å². The van der Waals surface area contributed by atoms with Crippen molar-refractivity contribution in [2.75, 3.05) is 6.61 Å². The zero-order chi connectivity index (χ0) is 21.5. The smallest absolute Gasteiger partial charge is 0.389 e. The van der Waals surface area contributed by atoms with Gasteiger partial charge in [0.1, 0.15) is 17.4 Å². The Kier molecular flexibility index (Phi) is 7.74. The summed E-state index contributed by atoms with van der Waals surface area (Å²) in [7, 11) is 0. The van der Waals surface area contributed by atoms with E-state index in [4.69, 9.17) is 21.6 Å². The number of nitrogens with one attached hydrogen (secondary N) is 1. The van der Waals surface area contributed by atoms with Gasteiger partial charge in [0.2, 0.25) is 0 Å². The van der Waals surface area contributed by atoms with Crippen LogP contribution in [0.5, 0.6) is 5.75 Å². The third-order valence-electron chi connectivity index (χ3n) is 4.69. The fraction of sp³-hybridized carbons (Fsp3) is 0.429. The number of aryl methyl sites for hydroxylation is 1. The number of nitrogens with zero attached hydrogens (tertiary/aromatic N) is 1. The molecule has 8 heteroatoms. The maximum Gasteiger partial charge on any atom is 0.389 e. The highest BCUT2D eigenvalue weighted by Crippen LogP contribution is 2.32. The highest BCUT2D eigenvalue weighted by molar-refractivity contribution is 6.33. The van der Waals surface area contributed by atoms with E-state index in [-0.39, 0.29) is 23.6 Å². The van der Waals surface area contributed by atoms with Gasteiger partial charge in [-0.2, -0.15) is 18.4 Å². The molecule has 1 heterocycles. The van der Waals surface area contributed by atoms with Crippen molar-refractivity contribution in [2.24, 2.45) is 0 Å². The lowest BCUT2D eigenvalue weighted by molar-refractivity contribution is -0.136. The molecule has 1 atom stereocenters. The van der Waals surface area contributed by atoms with Crippen LogP contribution in [-0.4, -0.2) is 24.2 Å². The van der Waals surface area contributed by atoms with E-state index in [0.29, 0.717) is 31.4 Å². The molecule has 1 N–H and O–H groups in total. The molecule has 1 amide bonds. The number of ether oxygens (including phenoxy) is 1. The number of nitriles is 1. The first-order valence-corrected chi connectivity index (χ1v) is 9.59. The minimum absolute atomic E-state index is 0.000625. The fourth-order valence-corrected chi connectivity index (χ4v) is 3.54. The number of carbonyl (C=O) groups excluding carboxylic acids is 1. The van der Waals surface area contributed by atoms with E-state index < -0.39 is 24.0 Å². The normalized spacial score (nSPS) is 19.5.